The first-order valence-electron chi connectivity index (χ1n) is 14.8. The average molecular weight is 539 g/mol. The molecule has 6 heteroatoms. The summed E-state index contributed by atoms with van der Waals surface area (Å²) in [6.07, 6.45) is 12.1. The zero-order valence-corrected chi connectivity index (χ0v) is 23.2. The number of aliphatic imine (C=N–C) groups is 1. The summed E-state index contributed by atoms with van der Waals surface area (Å²) in [6, 6.07) is 17.4. The van der Waals surface area contributed by atoms with E-state index < -0.39 is 5.54 Å². The molecule has 2 unspecified atom stereocenters. The second kappa shape index (κ2) is 11.2. The third-order valence-corrected chi connectivity index (χ3v) is 9.49. The molecule has 5 nitrogen and oxygen atoms in total. The minimum absolute atomic E-state index is 0.207. The third kappa shape index (κ3) is 4.72. The lowest BCUT2D eigenvalue weighted by atomic mass is 9.82. The quantitative estimate of drug-likeness (QED) is 0.425. The van der Waals surface area contributed by atoms with Crippen LogP contribution in [-0.4, -0.2) is 47.5 Å². The molecule has 0 radical (unpaired) electrons. The first-order chi connectivity index (χ1) is 19.5. The number of benzene rings is 2. The molecule has 2 aliphatic heterocycles. The second-order valence-corrected chi connectivity index (χ2v) is 11.6. The molecule has 1 spiro atoms. The van der Waals surface area contributed by atoms with Crippen molar-refractivity contribution in [3.63, 3.8) is 0 Å². The number of piperidine rings is 1. The van der Waals surface area contributed by atoms with Crippen LogP contribution in [0.4, 0.5) is 14.9 Å². The van der Waals surface area contributed by atoms with Gasteiger partial charge in [-0.2, -0.15) is 0 Å². The van der Waals surface area contributed by atoms with Gasteiger partial charge in [-0.25, -0.2) is 9.18 Å². The van der Waals surface area contributed by atoms with Crippen LogP contribution in [0.5, 0.6) is 0 Å². The molecule has 2 aliphatic carbocycles. The van der Waals surface area contributed by atoms with Crippen molar-refractivity contribution < 1.29 is 9.18 Å². The highest BCUT2D eigenvalue weighted by Gasteiger charge is 2.54. The lowest BCUT2D eigenvalue weighted by Gasteiger charge is -2.46. The molecule has 3 fully saturated rings. The Bertz CT molecular complexity index is 1330. The van der Waals surface area contributed by atoms with Crippen LogP contribution in [0.1, 0.15) is 62.8 Å². The number of hydrogen-bond acceptors (Lipinski definition) is 3. The number of carbonyl (C=O) groups is 1. The van der Waals surface area contributed by atoms with Gasteiger partial charge >= 0.3 is 6.03 Å². The number of halogens is 1. The predicted octanol–water partition coefficient (Wildman–Crippen LogP) is 7.15. The maximum atomic E-state index is 14.4. The van der Waals surface area contributed by atoms with Crippen molar-refractivity contribution in [2.75, 3.05) is 18.0 Å². The topological polar surface area (TPSA) is 47.9 Å². The highest BCUT2D eigenvalue weighted by molar-refractivity contribution is 6.19. The first-order valence-corrected chi connectivity index (χ1v) is 14.8. The number of likely N-dealkylation sites (tertiary alicyclic amines) is 1. The average Bonchev–Trinajstić information content (AvgIpc) is 3.49. The van der Waals surface area contributed by atoms with Gasteiger partial charge in [0.15, 0.2) is 0 Å². The Labute approximate surface area is 237 Å². The minimum Gasteiger partial charge on any atom is -0.299 e. The van der Waals surface area contributed by atoms with Crippen LogP contribution in [-0.2, 0) is 0 Å². The van der Waals surface area contributed by atoms with E-state index in [0.717, 1.165) is 51.0 Å². The number of amides is 2. The number of rotatable bonds is 6. The molecule has 1 N–H and O–H groups in total. The van der Waals surface area contributed by atoms with E-state index in [4.69, 9.17) is 4.99 Å². The Hall–Kier alpha value is -3.51. The third-order valence-electron chi connectivity index (χ3n) is 9.49. The van der Waals surface area contributed by atoms with E-state index in [0.29, 0.717) is 5.69 Å². The van der Waals surface area contributed by atoms with E-state index in [-0.39, 0.29) is 29.8 Å². The SMILES string of the molecule is C=CC1=C(C=C)C(c2ccccc2)C(N2CCC3(CC2)C(=NC2CCCCC2)NC(=O)N3c2cccc(F)c2)C1. The molecule has 4 aliphatic rings. The fourth-order valence-electron chi connectivity index (χ4n) is 7.51. The van der Waals surface area contributed by atoms with Gasteiger partial charge in [0.05, 0.1) is 6.04 Å². The molecule has 40 heavy (non-hydrogen) atoms. The van der Waals surface area contributed by atoms with E-state index in [1.165, 1.54) is 48.1 Å². The summed E-state index contributed by atoms with van der Waals surface area (Å²) in [6.45, 7) is 9.89. The van der Waals surface area contributed by atoms with Crippen LogP contribution < -0.4 is 10.2 Å². The van der Waals surface area contributed by atoms with Gasteiger partial charge in [-0.3, -0.25) is 20.1 Å². The Morgan fingerprint density at radius 2 is 1.73 bits per heavy atom. The van der Waals surface area contributed by atoms with Gasteiger partial charge in [-0.15, -0.1) is 0 Å². The summed E-state index contributed by atoms with van der Waals surface area (Å²) >= 11 is 0. The minimum atomic E-state index is -0.602. The lowest BCUT2D eigenvalue weighted by molar-refractivity contribution is 0.133. The molecule has 1 saturated carbocycles. The fraction of sp³-hybridized carbons (Fsp3) is 0.412. The molecule has 2 heterocycles. The molecular formula is C34H39FN4O. The normalized spacial score (nSPS) is 26.5. The van der Waals surface area contributed by atoms with Gasteiger partial charge < -0.3 is 0 Å². The van der Waals surface area contributed by atoms with E-state index in [1.807, 2.05) is 18.2 Å². The number of urea groups is 1. The standard InChI is InChI=1S/C34H39FN4O/c1-3-24-22-30(31(29(24)4-2)25-12-7-5-8-13-25)38-20-18-34(19-21-38)32(36-27-15-9-6-10-16-27)37-33(40)39(34)28-17-11-14-26(35)23-28/h3-5,7-8,11-14,17,23,27,30-31H,1-2,6,9-10,15-16,18-22H2,(H,36,37,40). The Kier molecular flexibility index (Phi) is 7.45. The molecule has 2 atom stereocenters. The second-order valence-electron chi connectivity index (χ2n) is 11.6. The summed E-state index contributed by atoms with van der Waals surface area (Å²) in [4.78, 5) is 23.1. The van der Waals surface area contributed by atoms with Gasteiger partial charge in [-0.05, 0) is 67.0 Å². The summed E-state index contributed by atoms with van der Waals surface area (Å²) in [5.74, 6) is 0.655. The molecular weight excluding hydrogens is 499 g/mol. The zero-order chi connectivity index (χ0) is 27.7. The Morgan fingerprint density at radius 3 is 2.40 bits per heavy atom. The molecule has 2 saturated heterocycles. The number of nitrogens with zero attached hydrogens (tertiary/aromatic N) is 3. The number of allylic oxidation sites excluding steroid dienone is 2. The van der Waals surface area contributed by atoms with Gasteiger partial charge in [0, 0.05) is 30.7 Å². The van der Waals surface area contributed by atoms with Crippen molar-refractivity contribution in [2.45, 2.75) is 74.9 Å². The van der Waals surface area contributed by atoms with Crippen molar-refractivity contribution >= 4 is 17.6 Å². The Balaban J connectivity index is 1.32. The molecule has 2 aromatic rings. The van der Waals surface area contributed by atoms with Crippen LogP contribution in [0, 0.1) is 5.82 Å². The highest BCUT2D eigenvalue weighted by Crippen LogP contribution is 2.46. The van der Waals surface area contributed by atoms with Crippen molar-refractivity contribution in [1.29, 1.82) is 0 Å². The summed E-state index contributed by atoms with van der Waals surface area (Å²) in [7, 11) is 0. The highest BCUT2D eigenvalue weighted by atomic mass is 19.1. The van der Waals surface area contributed by atoms with Gasteiger partial charge in [0.1, 0.15) is 17.2 Å². The maximum absolute atomic E-state index is 14.4. The van der Waals surface area contributed by atoms with Crippen molar-refractivity contribution in [1.82, 2.24) is 10.2 Å². The molecule has 6 rings (SSSR count). The van der Waals surface area contributed by atoms with Crippen LogP contribution >= 0.6 is 0 Å². The number of hydrogen-bond donors (Lipinski definition) is 1. The van der Waals surface area contributed by atoms with Crippen LogP contribution in [0.2, 0.25) is 0 Å². The van der Waals surface area contributed by atoms with E-state index in [2.05, 4.69) is 53.7 Å². The van der Waals surface area contributed by atoms with Crippen molar-refractivity contribution in [2.24, 2.45) is 4.99 Å². The largest absolute Gasteiger partial charge is 0.328 e. The molecule has 2 aromatic carbocycles. The number of nitrogens with one attached hydrogen (secondary N) is 1. The van der Waals surface area contributed by atoms with Crippen LogP contribution in [0.25, 0.3) is 0 Å². The van der Waals surface area contributed by atoms with Gasteiger partial charge in [-0.1, -0.05) is 81.0 Å². The molecule has 208 valence electrons. The molecule has 2 amide bonds. The predicted molar refractivity (Wildman–Crippen MR) is 160 cm³/mol. The van der Waals surface area contributed by atoms with E-state index in [1.54, 1.807) is 11.0 Å². The number of carbonyl (C=O) groups excluding carboxylic acids is 1. The van der Waals surface area contributed by atoms with Crippen LogP contribution in [0.3, 0.4) is 0 Å². The maximum Gasteiger partial charge on any atom is 0.328 e. The summed E-state index contributed by atoms with van der Waals surface area (Å²) in [5.41, 5.74) is 3.79. The fourth-order valence-corrected chi connectivity index (χ4v) is 7.51. The van der Waals surface area contributed by atoms with E-state index in [9.17, 15) is 9.18 Å². The molecule has 0 aromatic heterocycles. The number of anilines is 1. The van der Waals surface area contributed by atoms with Gasteiger partial charge in [0.25, 0.3) is 0 Å². The summed E-state index contributed by atoms with van der Waals surface area (Å²) in [5, 5.41) is 3.14. The van der Waals surface area contributed by atoms with Crippen molar-refractivity contribution in [3.05, 3.63) is 102 Å². The summed E-state index contributed by atoms with van der Waals surface area (Å²) < 4.78 is 14.4. The monoisotopic (exact) mass is 538 g/mol. The smallest absolute Gasteiger partial charge is 0.299 e. The van der Waals surface area contributed by atoms with Crippen LogP contribution in [0.15, 0.2) is 96.0 Å². The van der Waals surface area contributed by atoms with E-state index >= 15 is 0 Å². The molecule has 0 bridgehead atoms. The zero-order valence-electron chi connectivity index (χ0n) is 23.2. The number of amidine groups is 1. The Morgan fingerprint density at radius 1 is 0.975 bits per heavy atom. The first kappa shape index (κ1) is 26.7. The van der Waals surface area contributed by atoms with Gasteiger partial charge in [0.2, 0.25) is 0 Å². The lowest BCUT2D eigenvalue weighted by Crippen LogP contribution is -2.58. The van der Waals surface area contributed by atoms with Crippen molar-refractivity contribution in [3.8, 4) is 0 Å².